The number of carbonyl (C=O) groups is 3. The number of ether oxygens (including phenoxy) is 3. The standard InChI is InChI=1S/C17H21ClN2O6/c1-24-6-5-19-15(21)10-26-17(23)11-7-16(22)20(9-11)13-8-12(18)3-4-14(13)25-2/h3-4,8,11H,5-7,9-10H2,1-2H3,(H,19,21)/t11-/m0/s1. The zero-order chi connectivity index (χ0) is 19.1. The van der Waals surface area contributed by atoms with Gasteiger partial charge in [-0.15, -0.1) is 0 Å². The first kappa shape index (κ1) is 20.0. The summed E-state index contributed by atoms with van der Waals surface area (Å²) in [6.45, 7) is 0.442. The molecule has 1 N–H and O–H groups in total. The molecule has 1 atom stereocenters. The van der Waals surface area contributed by atoms with Gasteiger partial charge in [-0.3, -0.25) is 14.4 Å². The predicted molar refractivity (Wildman–Crippen MR) is 94.3 cm³/mol. The van der Waals surface area contributed by atoms with Gasteiger partial charge in [0.1, 0.15) is 5.75 Å². The molecule has 1 aromatic carbocycles. The van der Waals surface area contributed by atoms with Crippen LogP contribution in [-0.2, 0) is 23.9 Å². The van der Waals surface area contributed by atoms with Crippen LogP contribution < -0.4 is 15.0 Å². The average Bonchev–Trinajstić information content (AvgIpc) is 3.01. The highest BCUT2D eigenvalue weighted by atomic mass is 35.5. The fourth-order valence-electron chi connectivity index (χ4n) is 2.57. The maximum absolute atomic E-state index is 12.3. The van der Waals surface area contributed by atoms with Crippen LogP contribution in [0.25, 0.3) is 0 Å². The van der Waals surface area contributed by atoms with Crippen LogP contribution in [0.15, 0.2) is 18.2 Å². The van der Waals surface area contributed by atoms with Gasteiger partial charge in [-0.2, -0.15) is 0 Å². The molecule has 0 radical (unpaired) electrons. The lowest BCUT2D eigenvalue weighted by Gasteiger charge is -2.19. The summed E-state index contributed by atoms with van der Waals surface area (Å²) in [5, 5.41) is 3.00. The Morgan fingerprint density at radius 1 is 1.35 bits per heavy atom. The summed E-state index contributed by atoms with van der Waals surface area (Å²) >= 11 is 6.00. The van der Waals surface area contributed by atoms with E-state index in [1.54, 1.807) is 18.2 Å². The van der Waals surface area contributed by atoms with E-state index in [4.69, 9.17) is 25.8 Å². The van der Waals surface area contributed by atoms with E-state index < -0.39 is 24.4 Å². The molecule has 0 unspecified atom stereocenters. The van der Waals surface area contributed by atoms with Crippen LogP contribution in [0.3, 0.4) is 0 Å². The van der Waals surface area contributed by atoms with E-state index in [0.717, 1.165) is 0 Å². The average molecular weight is 385 g/mol. The summed E-state index contributed by atoms with van der Waals surface area (Å²) in [6.07, 6.45) is -0.000204. The molecule has 1 aliphatic heterocycles. The monoisotopic (exact) mass is 384 g/mol. The topological polar surface area (TPSA) is 94.2 Å². The SMILES string of the molecule is COCCNC(=O)COC(=O)[C@H]1CC(=O)N(c2cc(Cl)ccc2OC)C1. The van der Waals surface area contributed by atoms with Gasteiger partial charge < -0.3 is 24.4 Å². The Morgan fingerprint density at radius 2 is 2.12 bits per heavy atom. The molecule has 0 saturated carbocycles. The van der Waals surface area contributed by atoms with E-state index in [1.807, 2.05) is 0 Å². The fraction of sp³-hybridized carbons (Fsp3) is 0.471. The number of nitrogens with one attached hydrogen (secondary N) is 1. The van der Waals surface area contributed by atoms with Crippen molar-refractivity contribution in [3.8, 4) is 5.75 Å². The van der Waals surface area contributed by atoms with E-state index >= 15 is 0 Å². The molecular weight excluding hydrogens is 364 g/mol. The number of nitrogens with zero attached hydrogens (tertiary/aromatic N) is 1. The van der Waals surface area contributed by atoms with Crippen LogP contribution in [0.2, 0.25) is 5.02 Å². The number of amides is 2. The van der Waals surface area contributed by atoms with Gasteiger partial charge in [-0.1, -0.05) is 11.6 Å². The summed E-state index contributed by atoms with van der Waals surface area (Å²) in [6, 6.07) is 4.91. The molecule has 1 aliphatic rings. The van der Waals surface area contributed by atoms with Crippen LogP contribution in [0.4, 0.5) is 5.69 Å². The van der Waals surface area contributed by atoms with Gasteiger partial charge in [0, 0.05) is 31.6 Å². The van der Waals surface area contributed by atoms with Crippen molar-refractivity contribution in [2.24, 2.45) is 5.92 Å². The van der Waals surface area contributed by atoms with Crippen molar-refractivity contribution in [1.82, 2.24) is 5.32 Å². The van der Waals surface area contributed by atoms with E-state index in [9.17, 15) is 14.4 Å². The lowest BCUT2D eigenvalue weighted by atomic mass is 10.1. The quantitative estimate of drug-likeness (QED) is 0.531. The van der Waals surface area contributed by atoms with E-state index in [2.05, 4.69) is 5.32 Å². The highest BCUT2D eigenvalue weighted by Gasteiger charge is 2.37. The predicted octanol–water partition coefficient (Wildman–Crippen LogP) is 1.01. The Morgan fingerprint density at radius 3 is 2.81 bits per heavy atom. The van der Waals surface area contributed by atoms with Gasteiger partial charge in [0.2, 0.25) is 5.91 Å². The summed E-state index contributed by atoms with van der Waals surface area (Å²) in [5.41, 5.74) is 0.498. The van der Waals surface area contributed by atoms with Gasteiger partial charge in [-0.25, -0.2) is 0 Å². The molecule has 1 fully saturated rings. The van der Waals surface area contributed by atoms with Crippen LogP contribution in [0, 0.1) is 5.92 Å². The smallest absolute Gasteiger partial charge is 0.311 e. The maximum Gasteiger partial charge on any atom is 0.311 e. The molecule has 1 saturated heterocycles. The Labute approximate surface area is 156 Å². The third kappa shape index (κ3) is 5.09. The fourth-order valence-corrected chi connectivity index (χ4v) is 2.74. The van der Waals surface area contributed by atoms with Crippen LogP contribution >= 0.6 is 11.6 Å². The first-order valence-electron chi connectivity index (χ1n) is 8.02. The minimum Gasteiger partial charge on any atom is -0.495 e. The zero-order valence-corrected chi connectivity index (χ0v) is 15.4. The van der Waals surface area contributed by atoms with Crippen molar-refractivity contribution in [2.75, 3.05) is 45.4 Å². The molecule has 1 aromatic rings. The minimum absolute atomic E-state index is 0.000204. The molecule has 1 heterocycles. The van der Waals surface area contributed by atoms with E-state index in [1.165, 1.54) is 19.1 Å². The molecule has 0 aliphatic carbocycles. The lowest BCUT2D eigenvalue weighted by molar-refractivity contribution is -0.152. The van der Waals surface area contributed by atoms with Crippen LogP contribution in [-0.4, -0.2) is 58.3 Å². The first-order valence-corrected chi connectivity index (χ1v) is 8.40. The van der Waals surface area contributed by atoms with Crippen molar-refractivity contribution in [3.05, 3.63) is 23.2 Å². The van der Waals surface area contributed by atoms with Gasteiger partial charge in [0.25, 0.3) is 5.91 Å². The summed E-state index contributed by atoms with van der Waals surface area (Å²) in [4.78, 5) is 37.5. The van der Waals surface area contributed by atoms with E-state index in [0.29, 0.717) is 29.6 Å². The minimum atomic E-state index is -0.655. The number of hydrogen-bond donors (Lipinski definition) is 1. The number of anilines is 1. The van der Waals surface area contributed by atoms with Gasteiger partial charge in [0.15, 0.2) is 6.61 Å². The van der Waals surface area contributed by atoms with Gasteiger partial charge >= 0.3 is 5.97 Å². The third-order valence-corrected chi connectivity index (χ3v) is 4.10. The Bertz CT molecular complexity index is 681. The largest absolute Gasteiger partial charge is 0.495 e. The third-order valence-electron chi connectivity index (χ3n) is 3.86. The summed E-state index contributed by atoms with van der Waals surface area (Å²) in [7, 11) is 3.01. The highest BCUT2D eigenvalue weighted by molar-refractivity contribution is 6.31. The molecule has 142 valence electrons. The molecule has 26 heavy (non-hydrogen) atoms. The number of rotatable bonds is 8. The second-order valence-electron chi connectivity index (χ2n) is 5.67. The number of halogens is 1. The number of esters is 1. The zero-order valence-electron chi connectivity index (χ0n) is 14.6. The van der Waals surface area contributed by atoms with Crippen molar-refractivity contribution < 1.29 is 28.6 Å². The second-order valence-corrected chi connectivity index (χ2v) is 6.11. The Hall–Kier alpha value is -2.32. The molecule has 0 bridgehead atoms. The summed E-state index contributed by atoms with van der Waals surface area (Å²) < 4.78 is 15.1. The Balaban J connectivity index is 1.94. The molecule has 0 spiro atoms. The lowest BCUT2D eigenvalue weighted by Crippen LogP contribution is -2.33. The molecule has 0 aromatic heterocycles. The maximum atomic E-state index is 12.3. The second kappa shape index (κ2) is 9.40. The number of methoxy groups -OCH3 is 2. The normalized spacial score (nSPS) is 16.5. The van der Waals surface area contributed by atoms with Crippen molar-refractivity contribution >= 4 is 35.1 Å². The van der Waals surface area contributed by atoms with Crippen molar-refractivity contribution in [3.63, 3.8) is 0 Å². The first-order chi connectivity index (χ1) is 12.5. The highest BCUT2D eigenvalue weighted by Crippen LogP contribution is 2.35. The Kier molecular flexibility index (Phi) is 7.23. The van der Waals surface area contributed by atoms with Crippen molar-refractivity contribution in [2.45, 2.75) is 6.42 Å². The van der Waals surface area contributed by atoms with Crippen LogP contribution in [0.5, 0.6) is 5.75 Å². The van der Waals surface area contributed by atoms with Gasteiger partial charge in [-0.05, 0) is 18.2 Å². The molecule has 9 heteroatoms. The number of hydrogen-bond acceptors (Lipinski definition) is 6. The number of carbonyl (C=O) groups excluding carboxylic acids is 3. The van der Waals surface area contributed by atoms with E-state index in [-0.39, 0.29) is 18.9 Å². The van der Waals surface area contributed by atoms with Crippen LogP contribution in [0.1, 0.15) is 6.42 Å². The van der Waals surface area contributed by atoms with Gasteiger partial charge in [0.05, 0.1) is 25.3 Å². The molecule has 2 rings (SSSR count). The number of benzene rings is 1. The summed E-state index contributed by atoms with van der Waals surface area (Å²) in [5.74, 6) is -1.43. The molecular formula is C17H21ClN2O6. The molecule has 8 nitrogen and oxygen atoms in total. The molecule has 2 amide bonds. The van der Waals surface area contributed by atoms with Crippen molar-refractivity contribution in [1.29, 1.82) is 0 Å².